The minimum absolute atomic E-state index is 0.467. The largest absolute Gasteiger partial charge is 0.490 e. The number of aromatic nitrogens is 2. The number of ether oxygens (including phenoxy) is 3. The number of rotatable bonds is 6. The molecule has 0 saturated carbocycles. The molecule has 3 aromatic rings. The molecule has 140 valence electrons. The van der Waals surface area contributed by atoms with Crippen LogP contribution in [0.5, 0.6) is 17.2 Å². The average Bonchev–Trinajstić information content (AvgIpc) is 2.97. The number of nitrogens with zero attached hydrogens (tertiary/aromatic N) is 2. The SMILES string of the molecule is Cn1ccnc1COc1ccc(CSc2ccc3c(c2)OCCCO3)cc1. The van der Waals surface area contributed by atoms with Crippen LogP contribution in [0.25, 0.3) is 0 Å². The first-order chi connectivity index (χ1) is 13.3. The molecule has 2 heterocycles. The second kappa shape index (κ2) is 8.39. The third kappa shape index (κ3) is 4.57. The molecule has 0 N–H and O–H groups in total. The third-order valence-corrected chi connectivity index (χ3v) is 5.40. The van der Waals surface area contributed by atoms with Crippen molar-refractivity contribution in [3.8, 4) is 17.2 Å². The van der Waals surface area contributed by atoms with E-state index in [0.29, 0.717) is 19.8 Å². The lowest BCUT2D eigenvalue weighted by Gasteiger charge is -2.10. The predicted octanol–water partition coefficient (Wildman–Crippen LogP) is 4.45. The lowest BCUT2D eigenvalue weighted by Crippen LogP contribution is -2.02. The summed E-state index contributed by atoms with van der Waals surface area (Å²) in [5, 5.41) is 0. The van der Waals surface area contributed by atoms with Crippen LogP contribution in [-0.4, -0.2) is 22.8 Å². The number of benzene rings is 2. The van der Waals surface area contributed by atoms with E-state index < -0.39 is 0 Å². The molecule has 0 bridgehead atoms. The molecule has 6 heteroatoms. The summed E-state index contributed by atoms with van der Waals surface area (Å²) in [6, 6.07) is 14.4. The Kier molecular flexibility index (Phi) is 5.53. The Morgan fingerprint density at radius 3 is 2.67 bits per heavy atom. The van der Waals surface area contributed by atoms with Crippen LogP contribution in [0.2, 0.25) is 0 Å². The van der Waals surface area contributed by atoms with Crippen molar-refractivity contribution in [2.24, 2.45) is 7.05 Å². The Hall–Kier alpha value is -2.60. The number of hydrogen-bond donors (Lipinski definition) is 0. The van der Waals surface area contributed by atoms with E-state index >= 15 is 0 Å². The summed E-state index contributed by atoms with van der Waals surface area (Å²) < 4.78 is 19.2. The highest BCUT2D eigenvalue weighted by Crippen LogP contribution is 2.35. The Balaban J connectivity index is 1.32. The molecule has 0 saturated heterocycles. The zero-order valence-corrected chi connectivity index (χ0v) is 16.1. The van der Waals surface area contributed by atoms with Gasteiger partial charge in [-0.3, -0.25) is 0 Å². The summed E-state index contributed by atoms with van der Waals surface area (Å²) in [7, 11) is 1.96. The molecule has 0 atom stereocenters. The number of imidazole rings is 1. The fourth-order valence-electron chi connectivity index (χ4n) is 2.77. The highest BCUT2D eigenvalue weighted by Gasteiger charge is 2.11. The van der Waals surface area contributed by atoms with Gasteiger partial charge in [-0.15, -0.1) is 11.8 Å². The monoisotopic (exact) mass is 382 g/mol. The Bertz CT molecular complexity index is 893. The smallest absolute Gasteiger partial charge is 0.162 e. The Morgan fingerprint density at radius 2 is 1.89 bits per heavy atom. The van der Waals surface area contributed by atoms with Gasteiger partial charge in [0.2, 0.25) is 0 Å². The van der Waals surface area contributed by atoms with Gasteiger partial charge in [-0.1, -0.05) is 12.1 Å². The second-order valence-corrected chi connectivity index (χ2v) is 7.38. The van der Waals surface area contributed by atoms with Crippen molar-refractivity contribution in [3.05, 3.63) is 66.2 Å². The molecule has 0 unspecified atom stereocenters. The topological polar surface area (TPSA) is 45.5 Å². The van der Waals surface area contributed by atoms with Crippen molar-refractivity contribution in [3.63, 3.8) is 0 Å². The molecule has 1 aromatic heterocycles. The van der Waals surface area contributed by atoms with Crippen molar-refractivity contribution in [1.29, 1.82) is 0 Å². The van der Waals surface area contributed by atoms with Crippen molar-refractivity contribution in [2.45, 2.75) is 23.7 Å². The second-order valence-electron chi connectivity index (χ2n) is 6.33. The van der Waals surface area contributed by atoms with Crippen LogP contribution >= 0.6 is 11.8 Å². The highest BCUT2D eigenvalue weighted by molar-refractivity contribution is 7.98. The quantitative estimate of drug-likeness (QED) is 0.589. The van der Waals surface area contributed by atoms with Crippen LogP contribution in [0, 0.1) is 0 Å². The maximum absolute atomic E-state index is 5.80. The van der Waals surface area contributed by atoms with Gasteiger partial charge in [-0.05, 0) is 35.9 Å². The molecule has 0 fully saturated rings. The van der Waals surface area contributed by atoms with E-state index in [0.717, 1.165) is 35.2 Å². The van der Waals surface area contributed by atoms with Gasteiger partial charge in [0.1, 0.15) is 18.2 Å². The van der Waals surface area contributed by atoms with Crippen LogP contribution in [0.4, 0.5) is 0 Å². The molecular weight excluding hydrogens is 360 g/mol. The summed E-state index contributed by atoms with van der Waals surface area (Å²) >= 11 is 1.78. The average molecular weight is 382 g/mol. The summed E-state index contributed by atoms with van der Waals surface area (Å²) in [6.45, 7) is 1.89. The summed E-state index contributed by atoms with van der Waals surface area (Å²) in [4.78, 5) is 5.44. The van der Waals surface area contributed by atoms with Crippen molar-refractivity contribution in [1.82, 2.24) is 9.55 Å². The van der Waals surface area contributed by atoms with Crippen molar-refractivity contribution < 1.29 is 14.2 Å². The van der Waals surface area contributed by atoms with Gasteiger partial charge in [0, 0.05) is 36.5 Å². The molecule has 5 nitrogen and oxygen atoms in total. The Morgan fingerprint density at radius 1 is 1.07 bits per heavy atom. The van der Waals surface area contributed by atoms with E-state index in [9.17, 15) is 0 Å². The number of hydrogen-bond acceptors (Lipinski definition) is 5. The fraction of sp³-hybridized carbons (Fsp3) is 0.286. The minimum Gasteiger partial charge on any atom is -0.490 e. The molecule has 0 spiro atoms. The van der Waals surface area contributed by atoms with Crippen LogP contribution in [0.1, 0.15) is 17.8 Å². The predicted molar refractivity (Wildman–Crippen MR) is 106 cm³/mol. The lowest BCUT2D eigenvalue weighted by molar-refractivity contribution is 0.292. The maximum atomic E-state index is 5.80. The number of fused-ring (bicyclic) bond motifs is 1. The van der Waals surface area contributed by atoms with Gasteiger partial charge in [0.25, 0.3) is 0 Å². The van der Waals surface area contributed by atoms with Gasteiger partial charge in [0.15, 0.2) is 11.5 Å². The van der Waals surface area contributed by atoms with Crippen molar-refractivity contribution >= 4 is 11.8 Å². The molecule has 2 aromatic carbocycles. The van der Waals surface area contributed by atoms with E-state index in [1.807, 2.05) is 36.0 Å². The Labute approximate surface area is 163 Å². The highest BCUT2D eigenvalue weighted by atomic mass is 32.2. The minimum atomic E-state index is 0.467. The molecule has 0 radical (unpaired) electrons. The van der Waals surface area contributed by atoms with Crippen LogP contribution < -0.4 is 14.2 Å². The number of thioether (sulfide) groups is 1. The summed E-state index contributed by atoms with van der Waals surface area (Å²) in [5.74, 6) is 4.33. The van der Waals surface area contributed by atoms with Crippen LogP contribution in [-0.2, 0) is 19.4 Å². The van der Waals surface area contributed by atoms with Crippen LogP contribution in [0.15, 0.2) is 59.8 Å². The molecule has 27 heavy (non-hydrogen) atoms. The number of aryl methyl sites for hydroxylation is 1. The van der Waals surface area contributed by atoms with Crippen molar-refractivity contribution in [2.75, 3.05) is 13.2 Å². The standard InChI is InChI=1S/C21H22N2O3S/c1-23-10-9-22-21(23)14-26-17-5-3-16(4-6-17)15-27-18-7-8-19-20(13-18)25-12-2-11-24-19/h3-10,13H,2,11-12,14-15H2,1H3. The van der Waals surface area contributed by atoms with E-state index in [1.165, 1.54) is 10.5 Å². The van der Waals surface area contributed by atoms with E-state index in [1.54, 1.807) is 18.0 Å². The van der Waals surface area contributed by atoms with Gasteiger partial charge in [0.05, 0.1) is 13.2 Å². The first-order valence-electron chi connectivity index (χ1n) is 8.98. The van der Waals surface area contributed by atoms with Crippen LogP contribution in [0.3, 0.4) is 0 Å². The molecule has 1 aliphatic heterocycles. The summed E-state index contributed by atoms with van der Waals surface area (Å²) in [6.07, 6.45) is 4.61. The molecule has 1 aliphatic rings. The third-order valence-electron chi connectivity index (χ3n) is 4.34. The molecular formula is C21H22N2O3S. The molecule has 0 aliphatic carbocycles. The fourth-order valence-corrected chi connectivity index (χ4v) is 3.65. The first kappa shape index (κ1) is 17.8. The summed E-state index contributed by atoms with van der Waals surface area (Å²) in [5.41, 5.74) is 1.25. The van der Waals surface area contributed by atoms with Gasteiger partial charge in [-0.25, -0.2) is 4.98 Å². The zero-order valence-electron chi connectivity index (χ0n) is 15.3. The van der Waals surface area contributed by atoms with E-state index in [-0.39, 0.29) is 0 Å². The van der Waals surface area contributed by atoms with Gasteiger partial charge >= 0.3 is 0 Å². The molecule has 0 amide bonds. The van der Waals surface area contributed by atoms with Gasteiger partial charge < -0.3 is 18.8 Å². The lowest BCUT2D eigenvalue weighted by atomic mass is 10.2. The maximum Gasteiger partial charge on any atom is 0.162 e. The van der Waals surface area contributed by atoms with E-state index in [2.05, 4.69) is 29.2 Å². The van der Waals surface area contributed by atoms with Gasteiger partial charge in [-0.2, -0.15) is 0 Å². The van der Waals surface area contributed by atoms with E-state index in [4.69, 9.17) is 14.2 Å². The normalized spacial score (nSPS) is 13.2. The zero-order chi connectivity index (χ0) is 18.5. The first-order valence-corrected chi connectivity index (χ1v) is 9.97. The molecule has 4 rings (SSSR count).